The van der Waals surface area contributed by atoms with Crippen molar-refractivity contribution in [3.05, 3.63) is 0 Å². The highest BCUT2D eigenvalue weighted by atomic mass is 32.2. The fourth-order valence-electron chi connectivity index (χ4n) is 25.3. The highest BCUT2D eigenvalue weighted by molar-refractivity contribution is 8.02. The molecule has 11 aliphatic heterocycles. The van der Waals surface area contributed by atoms with E-state index in [1.807, 2.05) is 6.92 Å². The van der Waals surface area contributed by atoms with Gasteiger partial charge in [-0.05, 0) is 409 Å². The van der Waals surface area contributed by atoms with Gasteiger partial charge in [0.2, 0.25) is 0 Å². The van der Waals surface area contributed by atoms with Gasteiger partial charge in [-0.2, -0.15) is 0 Å². The fourth-order valence-corrected chi connectivity index (χ4v) is 27.3. The van der Waals surface area contributed by atoms with E-state index in [1.165, 1.54) is 19.5 Å². The number of aliphatic imine (C=N–C) groups is 2. The van der Waals surface area contributed by atoms with E-state index in [9.17, 15) is 0 Å². The largest absolute Gasteiger partial charge is 0.475 e. The monoisotopic (exact) mass is 1750 g/mol. The maximum absolute atomic E-state index is 6.32. The van der Waals surface area contributed by atoms with Crippen molar-refractivity contribution < 1.29 is 9.47 Å². The van der Waals surface area contributed by atoms with Crippen LogP contribution in [0.3, 0.4) is 0 Å². The summed E-state index contributed by atoms with van der Waals surface area (Å²) in [6.45, 7) is 157. The third-order valence-corrected chi connectivity index (χ3v) is 50.8. The number of thioether (sulfide) groups is 1. The zero-order valence-electron chi connectivity index (χ0n) is 97.3. The molecule has 0 saturated carbocycles. The second-order valence-electron chi connectivity index (χ2n) is 57.8. The molecule has 12 nitrogen and oxygen atoms in total. The van der Waals surface area contributed by atoms with Crippen molar-refractivity contribution in [2.24, 2.45) is 69.5 Å². The van der Waals surface area contributed by atoms with Crippen LogP contribution in [0, 0.1) is 59.6 Å². The summed E-state index contributed by atoms with van der Waals surface area (Å²) in [7, 11) is 13.4. The van der Waals surface area contributed by atoms with Crippen molar-refractivity contribution in [3.63, 3.8) is 0 Å². The van der Waals surface area contributed by atoms with Crippen LogP contribution < -0.4 is 0 Å². The maximum Gasteiger partial charge on any atom is 0.181 e. The van der Waals surface area contributed by atoms with Gasteiger partial charge in [0.25, 0.3) is 0 Å². The molecule has 123 heavy (non-hydrogen) atoms. The number of hydrogen-bond donors (Lipinski definition) is 0. The van der Waals surface area contributed by atoms with E-state index in [1.54, 1.807) is 0 Å². The van der Waals surface area contributed by atoms with Crippen molar-refractivity contribution >= 4 is 23.5 Å². The molecule has 11 rings (SSSR count). The first-order valence-electron chi connectivity index (χ1n) is 48.7. The minimum atomic E-state index is -0.150. The van der Waals surface area contributed by atoms with Gasteiger partial charge in [-0.1, -0.05) is 138 Å². The molecule has 0 spiro atoms. The molecule has 4 bridgehead atoms. The highest BCUT2D eigenvalue weighted by Gasteiger charge is 2.78. The zero-order valence-corrected chi connectivity index (χ0v) is 98.1. The van der Waals surface area contributed by atoms with E-state index >= 15 is 0 Å². The Balaban J connectivity index is 0.000000363. The molecule has 0 atom stereocenters. The Bertz CT molecular complexity index is 3520. The Morgan fingerprint density at radius 2 is 0.488 bits per heavy atom. The summed E-state index contributed by atoms with van der Waals surface area (Å²) in [4.78, 5) is 29.8. The zero-order chi connectivity index (χ0) is 99.9. The van der Waals surface area contributed by atoms with E-state index in [-0.39, 0.29) is 136 Å². The second kappa shape index (κ2) is 31.5. The molecule has 0 aromatic carbocycles. The summed E-state index contributed by atoms with van der Waals surface area (Å²) in [5, 5.41) is 0. The fraction of sp³-hybridized carbons (Fsp3) is 0.982. The predicted octanol–water partition coefficient (Wildman–Crippen LogP) is 28.6. The number of piperidine rings is 5. The molecular formula is C110H222N10O2S. The molecule has 730 valence electrons. The number of likely N-dealkylation sites (N-methyl/N-ethyl adjacent to an activating group) is 3. The Morgan fingerprint density at radius 1 is 0.236 bits per heavy atom. The summed E-state index contributed by atoms with van der Waals surface area (Å²) in [6.07, 6.45) is 1.33. The quantitative estimate of drug-likeness (QED) is 0.233. The minimum absolute atomic E-state index is 0.00704. The van der Waals surface area contributed by atoms with Crippen molar-refractivity contribution in [2.45, 2.75) is 584 Å². The van der Waals surface area contributed by atoms with Crippen LogP contribution in [-0.4, -0.2) is 227 Å². The smallest absolute Gasteiger partial charge is 0.181 e. The van der Waals surface area contributed by atoms with E-state index < -0.39 is 0 Å². The predicted molar refractivity (Wildman–Crippen MR) is 551 cm³/mol. The summed E-state index contributed by atoms with van der Waals surface area (Å²) in [5.41, 5.74) is 5.51. The normalized spacial score (nSPS) is 35.3. The van der Waals surface area contributed by atoms with Crippen LogP contribution in [0.2, 0.25) is 0 Å². The van der Waals surface area contributed by atoms with Gasteiger partial charge in [-0.15, -0.1) is 11.8 Å². The molecule has 0 amide bonds. The van der Waals surface area contributed by atoms with Crippen LogP contribution in [0.4, 0.5) is 0 Å². The maximum atomic E-state index is 6.32. The van der Waals surface area contributed by atoms with E-state index in [2.05, 4.69) is 548 Å². The first-order valence-corrected chi connectivity index (χ1v) is 49.5. The van der Waals surface area contributed by atoms with E-state index in [0.717, 1.165) is 11.7 Å². The van der Waals surface area contributed by atoms with Gasteiger partial charge in [0.05, 0.1) is 28.1 Å². The van der Waals surface area contributed by atoms with Gasteiger partial charge in [0, 0.05) is 124 Å². The van der Waals surface area contributed by atoms with Gasteiger partial charge in [0.1, 0.15) is 5.60 Å². The number of amidine groups is 1. The topological polar surface area (TPSA) is 69.1 Å². The summed E-state index contributed by atoms with van der Waals surface area (Å²) in [6, 6.07) is 0. The Hall–Kier alpha value is -1.03. The lowest BCUT2D eigenvalue weighted by atomic mass is 9.37. The number of morpholine rings is 1. The molecule has 9 saturated heterocycles. The summed E-state index contributed by atoms with van der Waals surface area (Å²) in [5.74, 6) is 1.94. The minimum Gasteiger partial charge on any atom is -0.475 e. The second-order valence-corrected chi connectivity index (χ2v) is 60.0. The average molecular weight is 1750 g/mol. The van der Waals surface area contributed by atoms with Crippen molar-refractivity contribution in [3.8, 4) is 0 Å². The molecule has 13 heteroatoms. The standard InChI is InChI=1S/C16H31N.C16H33N.C15H29N.C14H30N2.C13H27NO.C13H27NS.C12H24N2.C11H21NO/c1-12(2)14(5,6)17-11-10-16(12,9)13(3,4)15(17,7)8;1-12(2)13(3,4)15(7,8)17(11)16(9,10)14(12,5)6;1-11(2)13(5,6)16-10-15(11,9)12(3,4)14(16,7)8;1-11(2)12(3,4)16(10)14(7,8)13(5,6)15(11)9;2*1-10(2)12(5,6)15-13(7,8)11(3,4)14(10)9;1-9-13-11(4,5)10(2,3)12(6,7)14(9)8;1-8-12-10(4,5)9(2,3)11(6,7)13-8/h10-11H2,1-9H3;1-11H3;10H2,1-9H3;1-10H3;2*1-9H3;1-8H3;1-7H3. The Morgan fingerprint density at radius 3 is 0.764 bits per heavy atom. The van der Waals surface area contributed by atoms with Crippen LogP contribution in [0.1, 0.15) is 463 Å². The molecule has 9 fully saturated rings. The Kier molecular flexibility index (Phi) is 29.8. The first-order chi connectivity index (χ1) is 52.5. The Labute approximate surface area is 776 Å². The molecule has 0 aliphatic carbocycles. The van der Waals surface area contributed by atoms with Crippen molar-refractivity contribution in [1.29, 1.82) is 0 Å². The third-order valence-electron chi connectivity index (χ3n) is 48.8. The van der Waals surface area contributed by atoms with Crippen LogP contribution >= 0.6 is 11.8 Å². The van der Waals surface area contributed by atoms with Crippen LogP contribution in [0.15, 0.2) is 9.98 Å². The first kappa shape index (κ1) is 116. The van der Waals surface area contributed by atoms with Crippen LogP contribution in [-0.2, 0) is 9.47 Å². The number of rotatable bonds is 0. The number of nitrogens with zero attached hydrogens (tertiary/aromatic N) is 10. The molecule has 0 unspecified atom stereocenters. The van der Waals surface area contributed by atoms with Gasteiger partial charge >= 0.3 is 0 Å². The number of ether oxygens (including phenoxy) is 2. The van der Waals surface area contributed by atoms with Gasteiger partial charge in [0.15, 0.2) is 5.90 Å². The lowest BCUT2D eigenvalue weighted by Crippen LogP contribution is -2.82. The van der Waals surface area contributed by atoms with Crippen LogP contribution in [0.5, 0.6) is 0 Å². The molecule has 0 N–H and O–H groups in total. The van der Waals surface area contributed by atoms with Gasteiger partial charge < -0.3 is 14.4 Å². The average Bonchev–Trinajstić information content (AvgIpc) is 1.64. The molecule has 11 aliphatic rings. The number of piperazine rings is 1. The molecule has 0 aromatic rings. The third kappa shape index (κ3) is 15.8. The number of likely N-dealkylation sites (tertiary alicyclic amines) is 1. The summed E-state index contributed by atoms with van der Waals surface area (Å²) >= 11 is 2.12. The molecule has 0 aromatic heterocycles. The van der Waals surface area contributed by atoms with Crippen molar-refractivity contribution in [2.75, 3.05) is 55.4 Å². The lowest BCUT2D eigenvalue weighted by molar-refractivity contribution is -0.293. The lowest BCUT2D eigenvalue weighted by Gasteiger charge is -2.79. The van der Waals surface area contributed by atoms with E-state index in [4.69, 9.17) is 14.5 Å². The van der Waals surface area contributed by atoms with Gasteiger partial charge in [-0.3, -0.25) is 39.3 Å². The molecular weight excluding hydrogens is 1530 g/mol. The highest BCUT2D eigenvalue weighted by Crippen LogP contribution is 2.75. The SMILES string of the molecule is CC1(C)N2CC(C)(C1(C)C)C(C)(C)C2(C)C.CC1(C)N2CCC(C)(C1(C)C)C(C)(C)C2(C)C.CC1=NC(C)(C)C(C)(C)C(C)(C)N1C.CC1=NC(C)(C)C(C)(C)C(C)(C)O1.CN1C(C)(C)C(C)(C)C(C)(C)C(C)(C)C1(C)C.CN1C(C)(C)C(C)(C)N(C)C(C)(C)C1(C)C.CN1C(C)(C)C(C)(C)OC(C)(C)C1(C)C.CN1C(C)(C)C(C)(C)SC(C)(C)C1(C)C. The van der Waals surface area contributed by atoms with E-state index in [0.29, 0.717) is 43.6 Å². The summed E-state index contributed by atoms with van der Waals surface area (Å²) < 4.78 is 12.7. The van der Waals surface area contributed by atoms with Gasteiger partial charge in [-0.25, -0.2) is 4.99 Å². The number of fused-ring (bicyclic) bond motifs is 5. The molecule has 11 heterocycles. The van der Waals surface area contributed by atoms with Crippen molar-refractivity contribution in [1.82, 2.24) is 39.2 Å². The van der Waals surface area contributed by atoms with Crippen LogP contribution in [0.25, 0.3) is 0 Å². The molecule has 0 radical (unpaired) electrons. The number of hydrogen-bond acceptors (Lipinski definition) is 13.